The molecular formula is C10H7F3N4OS. The summed E-state index contributed by atoms with van der Waals surface area (Å²) in [5, 5.41) is 8.97. The van der Waals surface area contributed by atoms with E-state index in [1.54, 1.807) is 0 Å². The Hall–Kier alpha value is -2.16. The number of carbonyl (C=O) groups excluding carboxylic acids is 1. The van der Waals surface area contributed by atoms with Crippen LogP contribution in [0.1, 0.15) is 15.4 Å². The van der Waals surface area contributed by atoms with Crippen molar-refractivity contribution in [1.29, 1.82) is 0 Å². The SMILES string of the molecule is Nc1nnc(C(=O)Nc2ccccc2C(F)(F)F)s1. The molecule has 1 amide bonds. The minimum atomic E-state index is -4.55. The zero-order valence-electron chi connectivity index (χ0n) is 9.23. The van der Waals surface area contributed by atoms with Gasteiger partial charge >= 0.3 is 6.18 Å². The van der Waals surface area contributed by atoms with E-state index in [0.717, 1.165) is 23.5 Å². The van der Waals surface area contributed by atoms with E-state index in [9.17, 15) is 18.0 Å². The minimum absolute atomic E-state index is 0.0641. The molecule has 3 N–H and O–H groups in total. The quantitative estimate of drug-likeness (QED) is 0.889. The Morgan fingerprint density at radius 2 is 1.95 bits per heavy atom. The maximum atomic E-state index is 12.7. The highest BCUT2D eigenvalue weighted by molar-refractivity contribution is 7.16. The molecule has 2 rings (SSSR count). The molecule has 2 aromatic rings. The number of hydrogen-bond donors (Lipinski definition) is 2. The predicted molar refractivity (Wildman–Crippen MR) is 63.7 cm³/mol. The number of nitrogens with zero attached hydrogens (tertiary/aromatic N) is 2. The standard InChI is InChI=1S/C10H7F3N4OS/c11-10(12,13)5-3-1-2-4-6(5)15-7(18)8-16-17-9(14)19-8/h1-4H,(H2,14,17)(H,15,18). The van der Waals surface area contributed by atoms with Gasteiger partial charge in [0.2, 0.25) is 10.1 Å². The van der Waals surface area contributed by atoms with Gasteiger partial charge in [0.1, 0.15) is 0 Å². The normalized spacial score (nSPS) is 11.3. The summed E-state index contributed by atoms with van der Waals surface area (Å²) in [6.45, 7) is 0. The van der Waals surface area contributed by atoms with Crippen LogP contribution in [0.25, 0.3) is 0 Å². The lowest BCUT2D eigenvalue weighted by atomic mass is 10.1. The van der Waals surface area contributed by atoms with Crippen molar-refractivity contribution in [2.75, 3.05) is 11.1 Å². The third-order valence-corrected chi connectivity index (χ3v) is 2.87. The number of carbonyl (C=O) groups is 1. The highest BCUT2D eigenvalue weighted by atomic mass is 32.1. The molecule has 5 nitrogen and oxygen atoms in total. The molecule has 19 heavy (non-hydrogen) atoms. The van der Waals surface area contributed by atoms with Crippen LogP contribution in [-0.4, -0.2) is 16.1 Å². The van der Waals surface area contributed by atoms with Gasteiger partial charge in [0.15, 0.2) is 0 Å². The molecule has 1 aromatic carbocycles. The summed E-state index contributed by atoms with van der Waals surface area (Å²) in [5.74, 6) is -0.786. The Bertz CT molecular complexity index is 611. The highest BCUT2D eigenvalue weighted by Gasteiger charge is 2.33. The largest absolute Gasteiger partial charge is 0.418 e. The smallest absolute Gasteiger partial charge is 0.374 e. The van der Waals surface area contributed by atoms with Gasteiger partial charge < -0.3 is 11.1 Å². The third kappa shape index (κ3) is 2.99. The Morgan fingerprint density at radius 3 is 2.53 bits per heavy atom. The Labute approximate surface area is 109 Å². The van der Waals surface area contributed by atoms with Crippen LogP contribution in [0, 0.1) is 0 Å². The second kappa shape index (κ2) is 4.84. The van der Waals surface area contributed by atoms with E-state index in [-0.39, 0.29) is 15.8 Å². The van der Waals surface area contributed by atoms with E-state index in [0.29, 0.717) is 0 Å². The van der Waals surface area contributed by atoms with Gasteiger partial charge in [0.25, 0.3) is 5.91 Å². The fraction of sp³-hybridized carbons (Fsp3) is 0.100. The summed E-state index contributed by atoms with van der Waals surface area (Å²) in [5.41, 5.74) is 4.02. The van der Waals surface area contributed by atoms with Gasteiger partial charge in [-0.3, -0.25) is 4.79 Å². The van der Waals surface area contributed by atoms with Crippen molar-refractivity contribution in [2.24, 2.45) is 0 Å². The summed E-state index contributed by atoms with van der Waals surface area (Å²) < 4.78 is 38.1. The number of halogens is 3. The second-order valence-corrected chi connectivity index (χ2v) is 4.45. The molecule has 0 bridgehead atoms. The van der Waals surface area contributed by atoms with Crippen LogP contribution in [0.5, 0.6) is 0 Å². The number of aromatic nitrogens is 2. The molecule has 0 aliphatic heterocycles. The average Bonchev–Trinajstić information content (AvgIpc) is 2.75. The van der Waals surface area contributed by atoms with Crippen LogP contribution >= 0.6 is 11.3 Å². The lowest BCUT2D eigenvalue weighted by molar-refractivity contribution is -0.136. The van der Waals surface area contributed by atoms with Crippen molar-refractivity contribution in [3.8, 4) is 0 Å². The monoisotopic (exact) mass is 288 g/mol. The van der Waals surface area contributed by atoms with Crippen molar-refractivity contribution in [2.45, 2.75) is 6.18 Å². The van der Waals surface area contributed by atoms with Crippen molar-refractivity contribution in [1.82, 2.24) is 10.2 Å². The Kier molecular flexibility index (Phi) is 3.38. The number of nitrogens with one attached hydrogen (secondary N) is 1. The molecule has 0 saturated heterocycles. The van der Waals surface area contributed by atoms with Crippen LogP contribution in [-0.2, 0) is 6.18 Å². The number of alkyl halides is 3. The van der Waals surface area contributed by atoms with Gasteiger partial charge in [-0.25, -0.2) is 0 Å². The number of nitrogens with two attached hydrogens (primary N) is 1. The van der Waals surface area contributed by atoms with Crippen molar-refractivity contribution >= 4 is 28.1 Å². The number of rotatable bonds is 2. The first-order valence-corrected chi connectivity index (χ1v) is 5.76. The molecule has 1 heterocycles. The molecule has 100 valence electrons. The zero-order valence-corrected chi connectivity index (χ0v) is 10.0. The van der Waals surface area contributed by atoms with Gasteiger partial charge in [0.05, 0.1) is 11.3 Å². The molecule has 0 spiro atoms. The Balaban J connectivity index is 2.27. The van der Waals surface area contributed by atoms with Crippen molar-refractivity contribution in [3.05, 3.63) is 34.8 Å². The molecule has 0 saturated carbocycles. The summed E-state index contributed by atoms with van der Waals surface area (Å²) >= 11 is 0.791. The molecule has 0 fully saturated rings. The third-order valence-electron chi connectivity index (χ3n) is 2.12. The van der Waals surface area contributed by atoms with Gasteiger partial charge in [-0.15, -0.1) is 10.2 Å². The maximum absolute atomic E-state index is 12.7. The zero-order chi connectivity index (χ0) is 14.0. The number of hydrogen-bond acceptors (Lipinski definition) is 5. The first-order valence-electron chi connectivity index (χ1n) is 4.94. The van der Waals surface area contributed by atoms with E-state index >= 15 is 0 Å². The fourth-order valence-electron chi connectivity index (χ4n) is 1.34. The van der Waals surface area contributed by atoms with Gasteiger partial charge in [-0.2, -0.15) is 13.2 Å². The summed E-state index contributed by atoms with van der Waals surface area (Å²) in [6, 6.07) is 4.66. The number of benzene rings is 1. The van der Waals surface area contributed by atoms with Crippen LogP contribution < -0.4 is 11.1 Å². The molecule has 1 aromatic heterocycles. The molecule has 0 aliphatic carbocycles. The molecule has 9 heteroatoms. The van der Waals surface area contributed by atoms with E-state index in [1.165, 1.54) is 12.1 Å². The average molecular weight is 288 g/mol. The van der Waals surface area contributed by atoms with E-state index in [4.69, 9.17) is 5.73 Å². The predicted octanol–water partition coefficient (Wildman–Crippen LogP) is 2.39. The Morgan fingerprint density at radius 1 is 1.26 bits per heavy atom. The summed E-state index contributed by atoms with van der Waals surface area (Å²) in [6.07, 6.45) is -4.55. The van der Waals surface area contributed by atoms with Gasteiger partial charge in [0, 0.05) is 0 Å². The van der Waals surface area contributed by atoms with Gasteiger partial charge in [-0.05, 0) is 12.1 Å². The number of para-hydroxylation sites is 1. The fourth-order valence-corrected chi connectivity index (χ4v) is 1.85. The van der Waals surface area contributed by atoms with E-state index < -0.39 is 17.6 Å². The topological polar surface area (TPSA) is 80.9 Å². The minimum Gasteiger partial charge on any atom is -0.374 e. The van der Waals surface area contributed by atoms with E-state index in [2.05, 4.69) is 15.5 Å². The molecule has 0 unspecified atom stereocenters. The molecule has 0 radical (unpaired) electrons. The van der Waals surface area contributed by atoms with Crippen LogP contribution in [0.15, 0.2) is 24.3 Å². The van der Waals surface area contributed by atoms with Crippen molar-refractivity contribution in [3.63, 3.8) is 0 Å². The van der Waals surface area contributed by atoms with Crippen molar-refractivity contribution < 1.29 is 18.0 Å². The molecule has 0 aliphatic rings. The van der Waals surface area contributed by atoms with Crippen LogP contribution in [0.4, 0.5) is 24.0 Å². The maximum Gasteiger partial charge on any atom is 0.418 e. The molecule has 0 atom stereocenters. The lowest BCUT2D eigenvalue weighted by Crippen LogP contribution is -2.16. The van der Waals surface area contributed by atoms with E-state index in [1.807, 2.05) is 0 Å². The summed E-state index contributed by atoms with van der Waals surface area (Å²) in [7, 11) is 0. The summed E-state index contributed by atoms with van der Waals surface area (Å²) in [4.78, 5) is 11.7. The number of anilines is 2. The van der Waals surface area contributed by atoms with Crippen LogP contribution in [0.3, 0.4) is 0 Å². The molecular weight excluding hydrogens is 281 g/mol. The second-order valence-electron chi connectivity index (χ2n) is 3.44. The van der Waals surface area contributed by atoms with Crippen LogP contribution in [0.2, 0.25) is 0 Å². The number of nitrogen functional groups attached to an aromatic ring is 1. The number of amides is 1. The highest BCUT2D eigenvalue weighted by Crippen LogP contribution is 2.34. The van der Waals surface area contributed by atoms with Gasteiger partial charge in [-0.1, -0.05) is 23.5 Å². The lowest BCUT2D eigenvalue weighted by Gasteiger charge is -2.12. The first kappa shape index (κ1) is 13.3. The first-order chi connectivity index (χ1) is 8.88.